The third kappa shape index (κ3) is 8.51. The second kappa shape index (κ2) is 15.5. The van der Waals surface area contributed by atoms with Crippen LogP contribution in [0.15, 0.2) is 39.3 Å². The largest absolute Gasteiger partial charge is 0.493 e. The number of carbonyl (C=O) groups excluding carboxylic acids is 1. The number of esters is 1. The number of hydrogen-bond donors (Lipinski definition) is 1. The maximum atomic E-state index is 13.2. The van der Waals surface area contributed by atoms with Crippen molar-refractivity contribution in [3.63, 3.8) is 0 Å². The zero-order valence-electron chi connectivity index (χ0n) is 22.0. The van der Waals surface area contributed by atoms with E-state index >= 15 is 0 Å². The Morgan fingerprint density at radius 1 is 1.14 bits per heavy atom. The lowest BCUT2D eigenvalue weighted by molar-refractivity contribution is 0.0214. The molecular weight excluding hydrogens is 476 g/mol. The molecule has 37 heavy (non-hydrogen) atoms. The molecule has 1 heterocycles. The number of aromatic hydroxyl groups is 1. The second-order valence-corrected chi connectivity index (χ2v) is 8.60. The van der Waals surface area contributed by atoms with Crippen LogP contribution in [0.2, 0.25) is 0 Å². The predicted octanol–water partition coefficient (Wildman–Crippen LogP) is 5.19. The summed E-state index contributed by atoms with van der Waals surface area (Å²) in [5.74, 6) is -0.652. The number of pyridine rings is 1. The van der Waals surface area contributed by atoms with Gasteiger partial charge in [0.05, 0.1) is 31.1 Å². The molecule has 1 atom stereocenters. The molecule has 0 amide bonds. The zero-order valence-corrected chi connectivity index (χ0v) is 22.0. The van der Waals surface area contributed by atoms with Crippen molar-refractivity contribution in [1.82, 2.24) is 4.57 Å². The van der Waals surface area contributed by atoms with Crippen LogP contribution in [-0.2, 0) is 20.8 Å². The van der Waals surface area contributed by atoms with Gasteiger partial charge in [0.25, 0.3) is 5.56 Å². The Kier molecular flexibility index (Phi) is 12.5. The lowest BCUT2D eigenvalue weighted by atomic mass is 9.99. The van der Waals surface area contributed by atoms with Crippen LogP contribution in [0.5, 0.6) is 5.88 Å². The Labute approximate surface area is 217 Å². The molecule has 10 heteroatoms. The summed E-state index contributed by atoms with van der Waals surface area (Å²) in [5.41, 5.74) is 0.509. The Morgan fingerprint density at radius 3 is 2.46 bits per heavy atom. The fourth-order valence-corrected chi connectivity index (χ4v) is 3.69. The van der Waals surface area contributed by atoms with Gasteiger partial charge in [-0.05, 0) is 43.5 Å². The number of nitrogens with zero attached hydrogens (tertiary/aromatic N) is 4. The van der Waals surface area contributed by atoms with Gasteiger partial charge in [0.15, 0.2) is 5.69 Å². The quantitative estimate of drug-likeness (QED) is 0.197. The van der Waals surface area contributed by atoms with Crippen LogP contribution in [0.25, 0.3) is 0 Å². The summed E-state index contributed by atoms with van der Waals surface area (Å²) in [6.07, 6.45) is 3.81. The number of aromatic nitrogens is 1. The summed E-state index contributed by atoms with van der Waals surface area (Å²) in [5, 5.41) is 28.5. The van der Waals surface area contributed by atoms with Gasteiger partial charge in [-0.15, -0.1) is 5.11 Å². The molecule has 1 aromatic heterocycles. The van der Waals surface area contributed by atoms with E-state index in [4.69, 9.17) is 14.2 Å². The molecule has 0 saturated heterocycles. The Balaban J connectivity index is 2.19. The number of ether oxygens (including phenoxy) is 3. The van der Waals surface area contributed by atoms with E-state index in [1.807, 2.05) is 13.0 Å². The molecule has 2 rings (SSSR count). The van der Waals surface area contributed by atoms with E-state index in [-0.39, 0.29) is 41.8 Å². The van der Waals surface area contributed by atoms with Crippen molar-refractivity contribution in [2.75, 3.05) is 33.5 Å². The lowest BCUT2D eigenvalue weighted by Crippen LogP contribution is -2.25. The highest BCUT2D eigenvalue weighted by atomic mass is 16.6. The molecule has 0 bridgehead atoms. The van der Waals surface area contributed by atoms with Crippen molar-refractivity contribution in [3.05, 3.63) is 51.3 Å². The summed E-state index contributed by atoms with van der Waals surface area (Å²) >= 11 is 0. The minimum atomic E-state index is -0.499. The summed E-state index contributed by atoms with van der Waals surface area (Å²) in [4.78, 5) is 25.4. The first-order valence-corrected chi connectivity index (χ1v) is 12.5. The number of nitriles is 1. The molecule has 1 aromatic carbocycles. The molecule has 0 aliphatic heterocycles. The fraction of sp³-hybridized carbons (Fsp3) is 0.519. The van der Waals surface area contributed by atoms with Gasteiger partial charge in [-0.2, -0.15) is 10.4 Å². The SMILES string of the molecule is CCCCC(CC)Cn1c(O)c(C#N)c(C)c(N=Nc2ccc(C(=O)OCCOCCOC)cc2)c1=O. The van der Waals surface area contributed by atoms with Crippen molar-refractivity contribution in [2.45, 2.75) is 53.0 Å². The molecule has 10 nitrogen and oxygen atoms in total. The third-order valence-electron chi connectivity index (χ3n) is 6.01. The van der Waals surface area contributed by atoms with Crippen LogP contribution in [0.1, 0.15) is 61.0 Å². The molecule has 0 aliphatic rings. The highest BCUT2D eigenvalue weighted by molar-refractivity contribution is 5.89. The normalized spacial score (nSPS) is 12.0. The third-order valence-corrected chi connectivity index (χ3v) is 6.01. The molecule has 0 radical (unpaired) electrons. The van der Waals surface area contributed by atoms with E-state index in [2.05, 4.69) is 17.2 Å². The summed E-state index contributed by atoms with van der Waals surface area (Å²) in [6.45, 7) is 7.29. The monoisotopic (exact) mass is 512 g/mol. The number of carbonyl (C=O) groups is 1. The van der Waals surface area contributed by atoms with Crippen molar-refractivity contribution in [2.24, 2.45) is 16.1 Å². The maximum absolute atomic E-state index is 13.2. The Hall–Kier alpha value is -3.55. The van der Waals surface area contributed by atoms with E-state index in [9.17, 15) is 20.0 Å². The van der Waals surface area contributed by atoms with E-state index in [1.165, 1.54) is 4.57 Å². The number of rotatable bonds is 15. The van der Waals surface area contributed by atoms with Crippen LogP contribution in [-0.4, -0.2) is 49.2 Å². The number of benzene rings is 1. The average Bonchev–Trinajstić information content (AvgIpc) is 2.90. The summed E-state index contributed by atoms with van der Waals surface area (Å²) < 4.78 is 16.5. The molecule has 0 saturated carbocycles. The van der Waals surface area contributed by atoms with Crippen LogP contribution < -0.4 is 5.56 Å². The van der Waals surface area contributed by atoms with Crippen LogP contribution >= 0.6 is 0 Å². The van der Waals surface area contributed by atoms with Gasteiger partial charge < -0.3 is 19.3 Å². The van der Waals surface area contributed by atoms with Gasteiger partial charge in [0.2, 0.25) is 5.88 Å². The van der Waals surface area contributed by atoms with Crippen molar-refractivity contribution < 1.29 is 24.1 Å². The first kappa shape index (κ1) is 29.7. The maximum Gasteiger partial charge on any atom is 0.338 e. The summed E-state index contributed by atoms with van der Waals surface area (Å²) in [6, 6.07) is 8.22. The second-order valence-electron chi connectivity index (χ2n) is 8.60. The molecule has 200 valence electrons. The molecule has 2 aromatic rings. The molecule has 0 spiro atoms. The fourth-order valence-electron chi connectivity index (χ4n) is 3.69. The van der Waals surface area contributed by atoms with Crippen LogP contribution in [0, 0.1) is 24.2 Å². The van der Waals surface area contributed by atoms with Crippen molar-refractivity contribution in [1.29, 1.82) is 5.26 Å². The van der Waals surface area contributed by atoms with Crippen LogP contribution in [0.3, 0.4) is 0 Å². The van der Waals surface area contributed by atoms with Gasteiger partial charge >= 0.3 is 5.97 Å². The molecule has 0 aliphatic carbocycles. The lowest BCUT2D eigenvalue weighted by Gasteiger charge is -2.19. The molecule has 0 fully saturated rings. The first-order valence-electron chi connectivity index (χ1n) is 12.5. The minimum Gasteiger partial charge on any atom is -0.493 e. The number of unbranched alkanes of at least 4 members (excludes halogenated alkanes) is 1. The Bertz CT molecular complexity index is 1150. The van der Waals surface area contributed by atoms with Gasteiger partial charge in [-0.25, -0.2) is 4.79 Å². The molecular formula is C27H36N4O6. The number of hydrogen-bond acceptors (Lipinski definition) is 9. The topological polar surface area (TPSA) is 136 Å². The van der Waals surface area contributed by atoms with Crippen molar-refractivity contribution >= 4 is 17.3 Å². The summed E-state index contributed by atoms with van der Waals surface area (Å²) in [7, 11) is 1.58. The number of azo groups is 1. The van der Waals surface area contributed by atoms with E-state index in [1.54, 1.807) is 38.3 Å². The first-order chi connectivity index (χ1) is 17.9. The van der Waals surface area contributed by atoms with Crippen LogP contribution in [0.4, 0.5) is 11.4 Å². The van der Waals surface area contributed by atoms with Gasteiger partial charge in [0.1, 0.15) is 18.2 Å². The van der Waals surface area contributed by atoms with E-state index in [0.29, 0.717) is 31.0 Å². The van der Waals surface area contributed by atoms with Gasteiger partial charge in [-0.3, -0.25) is 9.36 Å². The van der Waals surface area contributed by atoms with Gasteiger partial charge in [0, 0.05) is 19.2 Å². The highest BCUT2D eigenvalue weighted by Gasteiger charge is 2.21. The number of methoxy groups -OCH3 is 1. The predicted molar refractivity (Wildman–Crippen MR) is 139 cm³/mol. The van der Waals surface area contributed by atoms with E-state index < -0.39 is 11.5 Å². The standard InChI is InChI=1S/C27H36N4O6/c1-5-7-8-20(6-2)18-31-25(32)23(17-28)19(3)24(26(31)33)30-29-22-11-9-21(10-12-22)27(34)37-16-15-36-14-13-35-4/h9-12,20,32H,5-8,13-16,18H2,1-4H3. The minimum absolute atomic E-state index is 0.00295. The smallest absolute Gasteiger partial charge is 0.338 e. The highest BCUT2D eigenvalue weighted by Crippen LogP contribution is 2.28. The van der Waals surface area contributed by atoms with E-state index in [0.717, 1.165) is 25.7 Å². The Morgan fingerprint density at radius 2 is 1.84 bits per heavy atom. The van der Waals surface area contributed by atoms with Crippen molar-refractivity contribution in [3.8, 4) is 11.9 Å². The zero-order chi connectivity index (χ0) is 27.2. The molecule has 1 N–H and O–H groups in total. The molecule has 1 unspecified atom stereocenters. The van der Waals surface area contributed by atoms with Gasteiger partial charge in [-0.1, -0.05) is 33.1 Å². The average molecular weight is 513 g/mol.